The summed E-state index contributed by atoms with van der Waals surface area (Å²) in [5, 5.41) is 9.42. The first-order valence-corrected chi connectivity index (χ1v) is 11.0. The molecule has 1 amide bonds. The number of hydrogen-bond acceptors (Lipinski definition) is 5. The molecule has 1 aromatic carbocycles. The van der Waals surface area contributed by atoms with Crippen LogP contribution in [0.4, 0.5) is 10.5 Å². The molecule has 174 valence electrons. The first kappa shape index (κ1) is 24.9. The maximum Gasteiger partial charge on any atom is 0.412 e. The van der Waals surface area contributed by atoms with Crippen LogP contribution in [0.2, 0.25) is 0 Å². The standard InChI is InChI=1S/C23H38N4O4/c1-6-24-20(26-17-23(29-5)12-15-30-16-13-23)25-14-11-18-7-9-19(10-8-18)27-21(28)31-22(2,3)4/h7-10H,6,11-17H2,1-5H3,(H,27,28)(H2,24,25,26). The van der Waals surface area contributed by atoms with E-state index in [4.69, 9.17) is 19.2 Å². The number of carbonyl (C=O) groups is 1. The maximum atomic E-state index is 11.9. The van der Waals surface area contributed by atoms with E-state index in [-0.39, 0.29) is 5.60 Å². The maximum absolute atomic E-state index is 11.9. The van der Waals surface area contributed by atoms with Crippen LogP contribution in [0.5, 0.6) is 0 Å². The Hall–Kier alpha value is -2.32. The van der Waals surface area contributed by atoms with Crippen LogP contribution in [-0.2, 0) is 20.6 Å². The monoisotopic (exact) mass is 434 g/mol. The number of amides is 1. The van der Waals surface area contributed by atoms with E-state index in [1.165, 1.54) is 0 Å². The minimum absolute atomic E-state index is 0.239. The van der Waals surface area contributed by atoms with Crippen molar-refractivity contribution in [3.05, 3.63) is 29.8 Å². The molecule has 1 aliphatic rings. The quantitative estimate of drug-likeness (QED) is 0.429. The van der Waals surface area contributed by atoms with Crippen LogP contribution in [-0.4, -0.2) is 63.2 Å². The molecule has 0 spiro atoms. The molecule has 0 unspecified atom stereocenters. The van der Waals surface area contributed by atoms with Crippen LogP contribution in [0.15, 0.2) is 29.3 Å². The van der Waals surface area contributed by atoms with E-state index in [0.717, 1.165) is 43.9 Å². The van der Waals surface area contributed by atoms with E-state index in [1.807, 2.05) is 52.0 Å². The topological polar surface area (TPSA) is 93.2 Å². The molecule has 0 atom stereocenters. The van der Waals surface area contributed by atoms with Crippen LogP contribution < -0.4 is 16.0 Å². The molecular formula is C23H38N4O4. The highest BCUT2D eigenvalue weighted by atomic mass is 16.6. The van der Waals surface area contributed by atoms with Crippen molar-refractivity contribution in [2.45, 2.75) is 58.2 Å². The molecule has 8 nitrogen and oxygen atoms in total. The molecule has 2 rings (SSSR count). The van der Waals surface area contributed by atoms with Crippen LogP contribution in [0, 0.1) is 0 Å². The summed E-state index contributed by atoms with van der Waals surface area (Å²) in [5.74, 6) is 0.786. The minimum atomic E-state index is -0.519. The van der Waals surface area contributed by atoms with Gasteiger partial charge in [0.05, 0.1) is 12.1 Å². The van der Waals surface area contributed by atoms with Crippen molar-refractivity contribution in [2.75, 3.05) is 45.3 Å². The highest BCUT2D eigenvalue weighted by Gasteiger charge is 2.32. The Labute approximate surface area is 186 Å². The zero-order valence-corrected chi connectivity index (χ0v) is 19.5. The lowest BCUT2D eigenvalue weighted by Crippen LogP contribution is -2.44. The van der Waals surface area contributed by atoms with Crippen molar-refractivity contribution in [3.8, 4) is 0 Å². The zero-order chi connectivity index (χ0) is 22.7. The molecule has 0 aliphatic carbocycles. The average molecular weight is 435 g/mol. The summed E-state index contributed by atoms with van der Waals surface area (Å²) in [6, 6.07) is 7.76. The molecule has 1 aromatic rings. The van der Waals surface area contributed by atoms with Gasteiger partial charge in [0.2, 0.25) is 0 Å². The number of nitrogens with one attached hydrogen (secondary N) is 3. The second-order valence-electron chi connectivity index (χ2n) is 8.70. The lowest BCUT2D eigenvalue weighted by Gasteiger charge is -2.34. The highest BCUT2D eigenvalue weighted by Crippen LogP contribution is 2.24. The number of rotatable bonds is 8. The van der Waals surface area contributed by atoms with E-state index in [1.54, 1.807) is 7.11 Å². The third-order valence-electron chi connectivity index (χ3n) is 5.01. The molecule has 1 aliphatic heterocycles. The molecule has 0 bridgehead atoms. The molecule has 1 heterocycles. The van der Waals surface area contributed by atoms with Crippen LogP contribution in [0.25, 0.3) is 0 Å². The van der Waals surface area contributed by atoms with Gasteiger partial charge in [-0.15, -0.1) is 0 Å². The van der Waals surface area contributed by atoms with Gasteiger partial charge in [-0.2, -0.15) is 0 Å². The number of ether oxygens (including phenoxy) is 3. The predicted molar refractivity (Wildman–Crippen MR) is 124 cm³/mol. The van der Waals surface area contributed by atoms with Crippen molar-refractivity contribution in [2.24, 2.45) is 4.99 Å². The molecule has 8 heteroatoms. The summed E-state index contributed by atoms with van der Waals surface area (Å²) < 4.78 is 16.5. The normalized spacial score (nSPS) is 16.5. The van der Waals surface area contributed by atoms with Crippen LogP contribution >= 0.6 is 0 Å². The zero-order valence-electron chi connectivity index (χ0n) is 19.5. The Morgan fingerprint density at radius 1 is 1.16 bits per heavy atom. The van der Waals surface area contributed by atoms with Gasteiger partial charge in [0.25, 0.3) is 0 Å². The minimum Gasteiger partial charge on any atom is -0.444 e. The molecule has 0 radical (unpaired) electrons. The second kappa shape index (κ2) is 11.9. The first-order chi connectivity index (χ1) is 14.8. The van der Waals surface area contributed by atoms with Gasteiger partial charge in [0.1, 0.15) is 5.60 Å². The number of nitrogens with zero attached hydrogens (tertiary/aromatic N) is 1. The van der Waals surface area contributed by atoms with Crippen molar-refractivity contribution in [3.63, 3.8) is 0 Å². The number of carbonyl (C=O) groups excluding carboxylic acids is 1. The van der Waals surface area contributed by atoms with Crippen molar-refractivity contribution >= 4 is 17.7 Å². The molecule has 31 heavy (non-hydrogen) atoms. The summed E-state index contributed by atoms with van der Waals surface area (Å²) >= 11 is 0. The van der Waals surface area contributed by atoms with Crippen molar-refractivity contribution in [1.82, 2.24) is 10.6 Å². The van der Waals surface area contributed by atoms with Gasteiger partial charge in [-0.3, -0.25) is 10.3 Å². The Bertz CT molecular complexity index is 707. The van der Waals surface area contributed by atoms with Crippen LogP contribution in [0.1, 0.15) is 46.1 Å². The number of benzene rings is 1. The fraction of sp³-hybridized carbons (Fsp3) is 0.652. The molecule has 0 aromatic heterocycles. The largest absolute Gasteiger partial charge is 0.444 e. The molecule has 3 N–H and O–H groups in total. The number of hydrogen-bond donors (Lipinski definition) is 3. The predicted octanol–water partition coefficient (Wildman–Crippen LogP) is 3.33. The Morgan fingerprint density at radius 3 is 2.42 bits per heavy atom. The van der Waals surface area contributed by atoms with E-state index in [0.29, 0.717) is 25.4 Å². The summed E-state index contributed by atoms with van der Waals surface area (Å²) in [4.78, 5) is 16.6. The summed E-state index contributed by atoms with van der Waals surface area (Å²) in [7, 11) is 1.75. The number of guanidine groups is 1. The lowest BCUT2D eigenvalue weighted by atomic mass is 9.94. The third-order valence-corrected chi connectivity index (χ3v) is 5.01. The van der Waals surface area contributed by atoms with Crippen LogP contribution in [0.3, 0.4) is 0 Å². The van der Waals surface area contributed by atoms with Gasteiger partial charge in [-0.25, -0.2) is 4.79 Å². The van der Waals surface area contributed by atoms with Gasteiger partial charge >= 0.3 is 6.09 Å². The summed E-state index contributed by atoms with van der Waals surface area (Å²) in [6.45, 7) is 11.1. The van der Waals surface area contributed by atoms with Gasteiger partial charge in [0, 0.05) is 51.9 Å². The lowest BCUT2D eigenvalue weighted by molar-refractivity contribution is -0.0828. The smallest absolute Gasteiger partial charge is 0.412 e. The van der Waals surface area contributed by atoms with Gasteiger partial charge in [-0.05, 0) is 51.8 Å². The average Bonchev–Trinajstić information content (AvgIpc) is 2.72. The first-order valence-electron chi connectivity index (χ1n) is 11.0. The third kappa shape index (κ3) is 9.14. The van der Waals surface area contributed by atoms with E-state index in [9.17, 15) is 4.79 Å². The Balaban J connectivity index is 1.83. The molecule has 0 saturated carbocycles. The van der Waals surface area contributed by atoms with E-state index in [2.05, 4.69) is 16.0 Å². The SMILES string of the molecule is CCNC(=NCC1(OC)CCOCC1)NCCc1ccc(NC(=O)OC(C)(C)C)cc1. The molecule has 1 fully saturated rings. The fourth-order valence-corrected chi connectivity index (χ4v) is 3.24. The number of anilines is 1. The molecule has 1 saturated heterocycles. The van der Waals surface area contributed by atoms with Crippen molar-refractivity contribution < 1.29 is 19.0 Å². The van der Waals surface area contributed by atoms with Gasteiger partial charge < -0.3 is 24.8 Å². The van der Waals surface area contributed by atoms with Crippen molar-refractivity contribution in [1.29, 1.82) is 0 Å². The fourth-order valence-electron chi connectivity index (χ4n) is 3.24. The molecular weight excluding hydrogens is 396 g/mol. The summed E-state index contributed by atoms with van der Waals surface area (Å²) in [6.07, 6.45) is 2.10. The number of aliphatic imine (C=N–C) groups is 1. The second-order valence-corrected chi connectivity index (χ2v) is 8.70. The van der Waals surface area contributed by atoms with Gasteiger partial charge in [0.15, 0.2) is 5.96 Å². The highest BCUT2D eigenvalue weighted by molar-refractivity contribution is 5.84. The number of methoxy groups -OCH3 is 1. The van der Waals surface area contributed by atoms with Gasteiger partial charge in [-0.1, -0.05) is 12.1 Å². The Kier molecular flexibility index (Phi) is 9.58. The van der Waals surface area contributed by atoms with E-state index >= 15 is 0 Å². The summed E-state index contributed by atoms with van der Waals surface area (Å²) in [5.41, 5.74) is 1.12. The Morgan fingerprint density at radius 2 is 1.84 bits per heavy atom. The van der Waals surface area contributed by atoms with E-state index < -0.39 is 11.7 Å².